The molecule has 2 bridgehead atoms. The minimum absolute atomic E-state index is 0.0164. The summed E-state index contributed by atoms with van der Waals surface area (Å²) in [6.07, 6.45) is -7.86. The predicted molar refractivity (Wildman–Crippen MR) is 221 cm³/mol. The molecule has 2 aromatic carbocycles. The van der Waals surface area contributed by atoms with E-state index in [4.69, 9.17) is 23.7 Å². The van der Waals surface area contributed by atoms with Crippen LogP contribution in [0.2, 0.25) is 0 Å². The van der Waals surface area contributed by atoms with Crippen molar-refractivity contribution in [3.8, 4) is 0 Å². The Bertz CT molecular complexity index is 2090. The van der Waals surface area contributed by atoms with Gasteiger partial charge >= 0.3 is 23.9 Å². The number of aliphatic hydroxyl groups is 3. The highest BCUT2D eigenvalue weighted by Crippen LogP contribution is 2.64. The lowest BCUT2D eigenvalue weighted by molar-refractivity contribution is -0.346. The number of nitrogens with zero attached hydrogens (tertiary/aromatic N) is 1. The Hall–Kier alpha value is -4.96. The molecule has 0 spiro atoms. The first kappa shape index (κ1) is 46.5. The number of carbonyl (C=O) groups is 6. The number of fused-ring (bicyclic) bond motifs is 5. The molecule has 1 aliphatic heterocycles. The number of hydrogen-bond donors (Lipinski definition) is 3. The van der Waals surface area contributed by atoms with Crippen LogP contribution in [0.4, 0.5) is 0 Å². The molecule has 3 N–H and O–H groups in total. The molecule has 15 nitrogen and oxygen atoms in total. The molecule has 6 rings (SSSR count). The summed E-state index contributed by atoms with van der Waals surface area (Å²) in [6.45, 7) is 10.1. The van der Waals surface area contributed by atoms with Crippen molar-refractivity contribution in [3.05, 3.63) is 82.9 Å². The topological polar surface area (TPSA) is 212 Å². The highest BCUT2D eigenvalue weighted by molar-refractivity contribution is 5.95. The molecule has 1 saturated heterocycles. The van der Waals surface area contributed by atoms with E-state index >= 15 is 4.79 Å². The average molecular weight is 862 g/mol. The van der Waals surface area contributed by atoms with E-state index in [2.05, 4.69) is 0 Å². The molecule has 336 valence electrons. The molecule has 62 heavy (non-hydrogen) atoms. The zero-order valence-corrected chi connectivity index (χ0v) is 36.6. The van der Waals surface area contributed by atoms with Crippen LogP contribution in [0.1, 0.15) is 109 Å². The number of benzene rings is 2. The summed E-state index contributed by atoms with van der Waals surface area (Å²) in [5.74, 6) is -6.44. The molecule has 4 aliphatic rings. The van der Waals surface area contributed by atoms with Gasteiger partial charge < -0.3 is 43.9 Å². The van der Waals surface area contributed by atoms with Gasteiger partial charge in [0.2, 0.25) is 5.91 Å². The second kappa shape index (κ2) is 17.7. The molecule has 3 fully saturated rings. The number of aliphatic hydroxyl groups excluding tert-OH is 2. The maximum Gasteiger partial charge on any atom is 0.338 e. The van der Waals surface area contributed by atoms with Crippen LogP contribution < -0.4 is 0 Å². The fourth-order valence-corrected chi connectivity index (χ4v) is 10.5. The van der Waals surface area contributed by atoms with Crippen molar-refractivity contribution in [2.24, 2.45) is 16.7 Å². The van der Waals surface area contributed by atoms with Gasteiger partial charge in [-0.3, -0.25) is 19.2 Å². The Morgan fingerprint density at radius 3 is 2.11 bits per heavy atom. The minimum atomic E-state index is -2.37. The highest BCUT2D eigenvalue weighted by Gasteiger charge is 2.78. The average Bonchev–Trinajstić information content (AvgIpc) is 3.22. The lowest BCUT2D eigenvalue weighted by Crippen LogP contribution is -2.82. The van der Waals surface area contributed by atoms with Crippen molar-refractivity contribution in [3.63, 3.8) is 0 Å². The molecule has 1 amide bonds. The van der Waals surface area contributed by atoms with Gasteiger partial charge in [-0.25, -0.2) is 9.59 Å². The van der Waals surface area contributed by atoms with Crippen LogP contribution >= 0.6 is 0 Å². The van der Waals surface area contributed by atoms with Gasteiger partial charge in [0.1, 0.15) is 23.9 Å². The van der Waals surface area contributed by atoms with E-state index in [9.17, 15) is 39.3 Å². The number of hydrogen-bond acceptors (Lipinski definition) is 14. The van der Waals surface area contributed by atoms with Crippen molar-refractivity contribution >= 4 is 35.6 Å². The summed E-state index contributed by atoms with van der Waals surface area (Å²) >= 11 is 0. The van der Waals surface area contributed by atoms with Gasteiger partial charge in [0.25, 0.3) is 0 Å². The number of ether oxygens (including phenoxy) is 5. The third-order valence-electron chi connectivity index (χ3n) is 13.9. The van der Waals surface area contributed by atoms with Crippen LogP contribution in [0.15, 0.2) is 71.8 Å². The monoisotopic (exact) mass is 861 g/mol. The zero-order valence-electron chi connectivity index (χ0n) is 36.6. The minimum Gasteiger partial charge on any atom is -0.456 e. The van der Waals surface area contributed by atoms with Gasteiger partial charge in [0.15, 0.2) is 23.6 Å². The van der Waals surface area contributed by atoms with Crippen molar-refractivity contribution in [1.82, 2.24) is 4.90 Å². The van der Waals surface area contributed by atoms with E-state index in [0.717, 1.165) is 26.7 Å². The summed E-state index contributed by atoms with van der Waals surface area (Å²) in [6, 6.07) is 15.2. The Kier molecular flexibility index (Phi) is 13.3. The number of amides is 1. The van der Waals surface area contributed by atoms with Crippen LogP contribution in [-0.4, -0.2) is 117 Å². The molecule has 15 heteroatoms. The Labute approximate surface area is 361 Å². The van der Waals surface area contributed by atoms with Gasteiger partial charge in [-0.2, -0.15) is 0 Å². The number of carbonyl (C=O) groups excluding carboxylic acids is 6. The van der Waals surface area contributed by atoms with Crippen LogP contribution in [0.3, 0.4) is 0 Å². The first-order valence-corrected chi connectivity index (χ1v) is 21.3. The van der Waals surface area contributed by atoms with Crippen LogP contribution in [0.25, 0.3) is 0 Å². The molecule has 3 aliphatic carbocycles. The summed E-state index contributed by atoms with van der Waals surface area (Å²) in [5, 5.41) is 37.7. The van der Waals surface area contributed by atoms with Crippen LogP contribution in [0.5, 0.6) is 0 Å². The Balaban J connectivity index is 1.53. The standard InChI is InChI=1S/C47H59NO14/c1-9-10-13-22-34(52)48(8)36(29-18-14-11-15-19-29)37(53)43(56)60-31-24-47(57)41(61-42(55)30-20-16-12-17-21-30)39-45(7,32(51)23-33-46(39,25-58-33)62-28(4)50)40(54)38(59-27(3)49)35(26(31)2)44(47,5)6/h11-12,14-21,31-33,36-39,41,51,53,57H,9-10,13,22-25H2,1-8H3/t31-,32-,33+,36-,37+,38+,39-,41-,45+,46+,47+/m0/s1. The lowest BCUT2D eigenvalue weighted by atomic mass is 9.44. The molecule has 1 heterocycles. The number of ketones is 1. The third-order valence-corrected chi connectivity index (χ3v) is 13.9. The molecule has 2 saturated carbocycles. The SMILES string of the molecule is CCCCCC(=O)N(C)[C@@H](c1ccccc1)[C@@H](O)C(=O)O[C@H]1C[C@@]2(O)[C@@H](OC(=O)c3ccccc3)[C@@H]3[C@@]4(OC(C)=O)CO[C@@H]4C[C@H](O)[C@@]3(C)C(=O)[C@H](OC(C)=O)C(=C1C)C2(C)C. The molecular weight excluding hydrogens is 803 g/mol. The first-order valence-electron chi connectivity index (χ1n) is 21.3. The normalized spacial score (nSPS) is 32.0. The van der Waals surface area contributed by atoms with Gasteiger partial charge in [-0.15, -0.1) is 0 Å². The maximum atomic E-state index is 15.5. The number of esters is 4. The largest absolute Gasteiger partial charge is 0.456 e. The summed E-state index contributed by atoms with van der Waals surface area (Å²) in [5.41, 5.74) is -7.08. The molecule has 0 unspecified atom stereocenters. The smallest absolute Gasteiger partial charge is 0.338 e. The summed E-state index contributed by atoms with van der Waals surface area (Å²) < 4.78 is 30.4. The van der Waals surface area contributed by atoms with Crippen LogP contribution in [0, 0.1) is 16.7 Å². The second-order valence-electron chi connectivity index (χ2n) is 17.9. The Morgan fingerprint density at radius 2 is 1.55 bits per heavy atom. The lowest BCUT2D eigenvalue weighted by Gasteiger charge is -2.67. The van der Waals surface area contributed by atoms with Crippen molar-refractivity contribution < 1.29 is 67.8 Å². The Morgan fingerprint density at radius 1 is 0.919 bits per heavy atom. The second-order valence-corrected chi connectivity index (χ2v) is 17.9. The van der Waals surface area contributed by atoms with Gasteiger partial charge in [0.05, 0.1) is 35.6 Å². The van der Waals surface area contributed by atoms with E-state index in [0.29, 0.717) is 12.0 Å². The van der Waals surface area contributed by atoms with E-state index in [1.54, 1.807) is 69.3 Å². The van der Waals surface area contributed by atoms with Gasteiger partial charge in [-0.05, 0) is 49.1 Å². The molecule has 11 atom stereocenters. The number of likely N-dealkylation sites (N-methyl/N-ethyl adjacent to an activating group) is 1. The number of Topliss-reactive ketones (excluding diaryl/α,β-unsaturated/α-hetero) is 1. The molecule has 0 aromatic heterocycles. The van der Waals surface area contributed by atoms with E-state index < -0.39 is 107 Å². The van der Waals surface area contributed by atoms with Crippen molar-refractivity contribution in [2.45, 2.75) is 141 Å². The molecule has 2 aromatic rings. The van der Waals surface area contributed by atoms with Gasteiger partial charge in [-0.1, -0.05) is 82.1 Å². The number of unbranched alkanes of at least 4 members (excludes halogenated alkanes) is 2. The fraction of sp³-hybridized carbons (Fsp3) is 0.574. The number of rotatable bonds is 13. The fourth-order valence-electron chi connectivity index (χ4n) is 10.5. The maximum absolute atomic E-state index is 15.5. The van der Waals surface area contributed by atoms with Crippen LogP contribution in [-0.2, 0) is 47.7 Å². The molecule has 0 radical (unpaired) electrons. The summed E-state index contributed by atoms with van der Waals surface area (Å²) in [7, 11) is 1.49. The van der Waals surface area contributed by atoms with E-state index in [1.807, 2.05) is 6.92 Å². The zero-order chi connectivity index (χ0) is 45.5. The quantitative estimate of drug-likeness (QED) is 0.111. The van der Waals surface area contributed by atoms with Gasteiger partial charge in [0, 0.05) is 45.6 Å². The third kappa shape index (κ3) is 7.86. The first-order chi connectivity index (χ1) is 29.2. The van der Waals surface area contributed by atoms with E-state index in [-0.39, 0.29) is 42.1 Å². The molecular formula is C47H59NO14. The van der Waals surface area contributed by atoms with Crippen molar-refractivity contribution in [2.75, 3.05) is 13.7 Å². The highest BCUT2D eigenvalue weighted by atomic mass is 16.6. The predicted octanol–water partition coefficient (Wildman–Crippen LogP) is 4.34. The summed E-state index contributed by atoms with van der Waals surface area (Å²) in [4.78, 5) is 84.9. The van der Waals surface area contributed by atoms with Crippen molar-refractivity contribution in [1.29, 1.82) is 0 Å². The van der Waals surface area contributed by atoms with E-state index in [1.165, 1.54) is 31.0 Å².